The topological polar surface area (TPSA) is 68.3 Å². The first-order valence-electron chi connectivity index (χ1n) is 9.50. The Labute approximate surface area is 185 Å². The Bertz CT molecular complexity index is 1130. The molecule has 3 heterocycles. The lowest BCUT2D eigenvalue weighted by Gasteiger charge is -2.23. The van der Waals surface area contributed by atoms with Crippen molar-refractivity contribution in [2.75, 3.05) is 12.3 Å². The van der Waals surface area contributed by atoms with E-state index in [1.807, 2.05) is 27.7 Å². The lowest BCUT2D eigenvalue weighted by molar-refractivity contribution is -0.161. The molecule has 0 aliphatic rings. The van der Waals surface area contributed by atoms with E-state index in [1.165, 1.54) is 28.2 Å². The second kappa shape index (κ2) is 9.07. The first-order valence-corrected chi connectivity index (χ1v) is 11.3. The third kappa shape index (κ3) is 5.32. The lowest BCUT2D eigenvalue weighted by Crippen LogP contribution is -2.39. The maximum atomic E-state index is 13.1. The van der Waals surface area contributed by atoms with Gasteiger partial charge in [-0.3, -0.25) is 14.2 Å². The van der Waals surface area contributed by atoms with Gasteiger partial charge < -0.3 is 9.32 Å². The summed E-state index contributed by atoms with van der Waals surface area (Å²) in [6.45, 7) is 5.73. The van der Waals surface area contributed by atoms with Crippen molar-refractivity contribution >= 4 is 39.2 Å². The number of alkyl halides is 3. The summed E-state index contributed by atoms with van der Waals surface area (Å²) in [6, 6.07) is 2.83. The number of aryl methyl sites for hydroxylation is 2. The van der Waals surface area contributed by atoms with Gasteiger partial charge >= 0.3 is 6.18 Å². The molecule has 6 nitrogen and oxygen atoms in total. The maximum Gasteiger partial charge on any atom is 0.406 e. The van der Waals surface area contributed by atoms with E-state index in [0.29, 0.717) is 20.3 Å². The number of hydrogen-bond donors (Lipinski definition) is 0. The van der Waals surface area contributed by atoms with E-state index in [9.17, 15) is 22.8 Å². The van der Waals surface area contributed by atoms with Crippen molar-refractivity contribution in [3.63, 3.8) is 0 Å². The van der Waals surface area contributed by atoms with Gasteiger partial charge in [0.05, 0.1) is 23.9 Å². The Hall–Kier alpha value is -2.27. The molecule has 3 aromatic heterocycles. The van der Waals surface area contributed by atoms with Crippen LogP contribution in [0.25, 0.3) is 10.2 Å². The van der Waals surface area contributed by atoms with E-state index < -0.39 is 18.6 Å². The number of thioether (sulfide) groups is 1. The van der Waals surface area contributed by atoms with Crippen LogP contribution < -0.4 is 5.56 Å². The van der Waals surface area contributed by atoms with Crippen molar-refractivity contribution in [1.82, 2.24) is 14.5 Å². The molecule has 0 saturated heterocycles. The summed E-state index contributed by atoms with van der Waals surface area (Å²) >= 11 is 2.35. The second-order valence-electron chi connectivity index (χ2n) is 7.36. The van der Waals surface area contributed by atoms with Gasteiger partial charge in [0.2, 0.25) is 5.91 Å². The number of furan rings is 1. The van der Waals surface area contributed by atoms with Gasteiger partial charge in [-0.2, -0.15) is 13.2 Å². The highest BCUT2D eigenvalue weighted by atomic mass is 32.2. The number of carbonyl (C=O) groups is 1. The zero-order chi connectivity index (χ0) is 22.9. The summed E-state index contributed by atoms with van der Waals surface area (Å²) < 4.78 is 45.6. The zero-order valence-electron chi connectivity index (χ0n) is 17.4. The average Bonchev–Trinajstić information content (AvgIpc) is 3.26. The number of rotatable bonds is 7. The monoisotopic (exact) mass is 473 g/mol. The van der Waals surface area contributed by atoms with E-state index in [2.05, 4.69) is 4.98 Å². The molecule has 0 radical (unpaired) electrons. The summed E-state index contributed by atoms with van der Waals surface area (Å²) in [6.07, 6.45) is -3.21. The summed E-state index contributed by atoms with van der Waals surface area (Å²) in [4.78, 5) is 32.5. The largest absolute Gasteiger partial charge is 0.467 e. The molecule has 0 bridgehead atoms. The summed E-state index contributed by atoms with van der Waals surface area (Å²) in [5.74, 6) is -0.752. The Kier molecular flexibility index (Phi) is 6.85. The molecule has 3 rings (SSSR count). The van der Waals surface area contributed by atoms with Crippen LogP contribution in [0.2, 0.25) is 0 Å². The number of carbonyl (C=O) groups excluding carboxylic acids is 1. The molecule has 0 aliphatic heterocycles. The van der Waals surface area contributed by atoms with Gasteiger partial charge in [0, 0.05) is 10.9 Å². The predicted molar refractivity (Wildman–Crippen MR) is 115 cm³/mol. The van der Waals surface area contributed by atoms with Gasteiger partial charge in [0.1, 0.15) is 17.1 Å². The van der Waals surface area contributed by atoms with Gasteiger partial charge in [-0.25, -0.2) is 4.98 Å². The Morgan fingerprint density at radius 2 is 2.06 bits per heavy atom. The summed E-state index contributed by atoms with van der Waals surface area (Å²) in [7, 11) is 0. The second-order valence-corrected chi connectivity index (χ2v) is 9.51. The van der Waals surface area contributed by atoms with Crippen molar-refractivity contribution in [3.8, 4) is 0 Å². The minimum atomic E-state index is -4.55. The number of nitrogens with zero attached hydrogens (tertiary/aromatic N) is 3. The van der Waals surface area contributed by atoms with Crippen LogP contribution in [0.15, 0.2) is 32.8 Å². The highest BCUT2D eigenvalue weighted by Crippen LogP contribution is 2.30. The SMILES string of the molecule is Cc1sc2nc(SCC(=O)N(Cc3ccco3)CC(F)(F)F)n(C(C)C)c(=O)c2c1C. The number of fused-ring (bicyclic) bond motifs is 1. The number of thiophene rings is 1. The highest BCUT2D eigenvalue weighted by Gasteiger charge is 2.33. The van der Waals surface area contributed by atoms with Gasteiger partial charge in [0.15, 0.2) is 5.16 Å². The quantitative estimate of drug-likeness (QED) is 0.360. The van der Waals surface area contributed by atoms with Crippen molar-refractivity contribution in [2.45, 2.75) is 51.6 Å². The standard InChI is InChI=1S/C20H22F3N3O3S2/c1-11(2)26-18(28)16-12(3)13(4)31-17(16)24-19(26)30-9-15(27)25(10-20(21,22)23)8-14-6-5-7-29-14/h5-7,11H,8-10H2,1-4H3. The minimum Gasteiger partial charge on any atom is -0.467 e. The minimum absolute atomic E-state index is 0.209. The van der Waals surface area contributed by atoms with E-state index in [4.69, 9.17) is 4.42 Å². The van der Waals surface area contributed by atoms with Crippen LogP contribution in [-0.4, -0.2) is 38.8 Å². The molecule has 0 aromatic carbocycles. The lowest BCUT2D eigenvalue weighted by atomic mass is 10.2. The van der Waals surface area contributed by atoms with Gasteiger partial charge in [-0.1, -0.05) is 11.8 Å². The van der Waals surface area contributed by atoms with Crippen LogP contribution in [0.3, 0.4) is 0 Å². The number of aromatic nitrogens is 2. The molecule has 0 atom stereocenters. The molecule has 1 amide bonds. The summed E-state index contributed by atoms with van der Waals surface area (Å²) in [5, 5.41) is 0.857. The maximum absolute atomic E-state index is 13.1. The molecular weight excluding hydrogens is 451 g/mol. The van der Waals surface area contributed by atoms with Crippen LogP contribution in [-0.2, 0) is 11.3 Å². The third-order valence-electron chi connectivity index (χ3n) is 4.69. The third-order valence-corrected chi connectivity index (χ3v) is 6.73. The molecule has 11 heteroatoms. The molecule has 168 valence electrons. The van der Waals surface area contributed by atoms with Crippen molar-refractivity contribution in [1.29, 1.82) is 0 Å². The molecule has 31 heavy (non-hydrogen) atoms. The Morgan fingerprint density at radius 1 is 1.35 bits per heavy atom. The zero-order valence-corrected chi connectivity index (χ0v) is 19.1. The van der Waals surface area contributed by atoms with E-state index in [1.54, 1.807) is 6.07 Å². The van der Waals surface area contributed by atoms with Crippen molar-refractivity contribution < 1.29 is 22.4 Å². The fraction of sp³-hybridized carbons (Fsp3) is 0.450. The molecule has 0 unspecified atom stereocenters. The molecule has 0 N–H and O–H groups in total. The van der Waals surface area contributed by atoms with Crippen molar-refractivity contribution in [3.05, 3.63) is 45.0 Å². The number of amides is 1. The first kappa shape index (κ1) is 23.4. The molecule has 0 aliphatic carbocycles. The van der Waals surface area contributed by atoms with Crippen LogP contribution in [0.1, 0.15) is 36.1 Å². The van der Waals surface area contributed by atoms with E-state index in [0.717, 1.165) is 22.2 Å². The van der Waals surface area contributed by atoms with E-state index >= 15 is 0 Å². The molecule has 0 spiro atoms. The normalized spacial score (nSPS) is 12.1. The highest BCUT2D eigenvalue weighted by molar-refractivity contribution is 7.99. The smallest absolute Gasteiger partial charge is 0.406 e. The summed E-state index contributed by atoms with van der Waals surface area (Å²) in [5.41, 5.74) is 0.661. The van der Waals surface area contributed by atoms with Gasteiger partial charge in [-0.15, -0.1) is 11.3 Å². The van der Waals surface area contributed by atoms with Crippen LogP contribution in [0, 0.1) is 13.8 Å². The molecule has 0 saturated carbocycles. The fourth-order valence-electron chi connectivity index (χ4n) is 3.10. The molecular formula is C20H22F3N3O3S2. The number of hydrogen-bond acceptors (Lipinski definition) is 6. The van der Waals surface area contributed by atoms with Crippen LogP contribution in [0.4, 0.5) is 13.2 Å². The average molecular weight is 474 g/mol. The Balaban J connectivity index is 1.88. The molecule has 0 fully saturated rings. The number of halogens is 3. The van der Waals surface area contributed by atoms with E-state index in [-0.39, 0.29) is 29.7 Å². The van der Waals surface area contributed by atoms with Gasteiger partial charge in [0.25, 0.3) is 5.56 Å². The first-order chi connectivity index (χ1) is 14.5. The molecule has 3 aromatic rings. The predicted octanol–water partition coefficient (Wildman–Crippen LogP) is 4.93. The van der Waals surface area contributed by atoms with Crippen LogP contribution in [0.5, 0.6) is 0 Å². The van der Waals surface area contributed by atoms with Crippen molar-refractivity contribution in [2.24, 2.45) is 0 Å². The van der Waals surface area contributed by atoms with Crippen LogP contribution >= 0.6 is 23.1 Å². The fourth-order valence-corrected chi connectivity index (χ4v) is 5.20. The van der Waals surface area contributed by atoms with Gasteiger partial charge in [-0.05, 0) is 45.4 Å². The Morgan fingerprint density at radius 3 is 2.65 bits per heavy atom.